The van der Waals surface area contributed by atoms with E-state index >= 15 is 0 Å². The quantitative estimate of drug-likeness (QED) is 0.873. The monoisotopic (exact) mass is 351 g/mol. The molecule has 2 amide bonds. The van der Waals surface area contributed by atoms with Crippen LogP contribution in [0.4, 0.5) is 11.4 Å². The van der Waals surface area contributed by atoms with Gasteiger partial charge < -0.3 is 15.2 Å². The van der Waals surface area contributed by atoms with Gasteiger partial charge >= 0.3 is 0 Å². The highest BCUT2D eigenvalue weighted by atomic mass is 16.2. The molecule has 5 heteroatoms. The van der Waals surface area contributed by atoms with Crippen LogP contribution < -0.4 is 10.2 Å². The van der Waals surface area contributed by atoms with Crippen LogP contribution in [0.2, 0.25) is 0 Å². The minimum Gasteiger partial charge on any atom is -0.357 e. The highest BCUT2D eigenvalue weighted by Gasteiger charge is 2.28. The van der Waals surface area contributed by atoms with E-state index in [-0.39, 0.29) is 11.8 Å². The number of carbonyl (C=O) groups is 2. The van der Waals surface area contributed by atoms with Gasteiger partial charge in [0, 0.05) is 30.5 Å². The Hall–Kier alpha value is -2.56. The molecule has 2 heterocycles. The zero-order chi connectivity index (χ0) is 18.1. The number of amides is 2. The second kappa shape index (κ2) is 6.98. The number of aryl methyl sites for hydroxylation is 2. The molecule has 2 aromatic rings. The standard InChI is InChI=1S/C21H25N3O2/c1-14-10-11-22-20(14)21(26)23-17-7-8-18-16(12-17)6-9-19(25)24(18)13-15-4-2-3-5-15/h7-8,10-12,15,22H,2-6,9,13H2,1H3,(H,23,26). The van der Waals surface area contributed by atoms with Gasteiger partial charge in [0.15, 0.2) is 0 Å². The van der Waals surface area contributed by atoms with E-state index in [2.05, 4.69) is 10.3 Å². The van der Waals surface area contributed by atoms with Crippen molar-refractivity contribution in [2.45, 2.75) is 45.4 Å². The lowest BCUT2D eigenvalue weighted by Gasteiger charge is -2.32. The van der Waals surface area contributed by atoms with Gasteiger partial charge in [0.05, 0.1) is 0 Å². The number of anilines is 2. The molecule has 0 saturated heterocycles. The Kier molecular flexibility index (Phi) is 4.53. The molecule has 26 heavy (non-hydrogen) atoms. The fourth-order valence-corrected chi connectivity index (χ4v) is 4.17. The van der Waals surface area contributed by atoms with Crippen LogP contribution in [0.1, 0.15) is 53.7 Å². The van der Waals surface area contributed by atoms with E-state index in [1.54, 1.807) is 6.20 Å². The molecule has 1 fully saturated rings. The van der Waals surface area contributed by atoms with Gasteiger partial charge in [0.25, 0.3) is 5.91 Å². The molecule has 2 N–H and O–H groups in total. The minimum absolute atomic E-state index is 0.137. The number of aromatic amines is 1. The molecule has 136 valence electrons. The van der Waals surface area contributed by atoms with Crippen LogP contribution in [-0.4, -0.2) is 23.3 Å². The summed E-state index contributed by atoms with van der Waals surface area (Å²) in [4.78, 5) is 29.8. The van der Waals surface area contributed by atoms with Crippen LogP contribution in [0, 0.1) is 12.8 Å². The van der Waals surface area contributed by atoms with E-state index in [0.717, 1.165) is 35.5 Å². The number of carbonyl (C=O) groups excluding carboxylic acids is 2. The van der Waals surface area contributed by atoms with Crippen molar-refractivity contribution in [3.8, 4) is 0 Å². The lowest BCUT2D eigenvalue weighted by Crippen LogP contribution is -2.38. The zero-order valence-electron chi connectivity index (χ0n) is 15.2. The van der Waals surface area contributed by atoms with Gasteiger partial charge in [0.1, 0.15) is 5.69 Å². The first-order chi connectivity index (χ1) is 12.6. The van der Waals surface area contributed by atoms with Gasteiger partial charge in [-0.3, -0.25) is 9.59 Å². The number of aromatic nitrogens is 1. The summed E-state index contributed by atoms with van der Waals surface area (Å²) in [5.74, 6) is 0.713. The molecule has 0 atom stereocenters. The molecule has 1 aliphatic heterocycles. The molecule has 1 saturated carbocycles. The second-order valence-electron chi connectivity index (χ2n) is 7.49. The van der Waals surface area contributed by atoms with Gasteiger partial charge in [0.2, 0.25) is 5.91 Å². The fraction of sp³-hybridized carbons (Fsp3) is 0.429. The van der Waals surface area contributed by atoms with Gasteiger partial charge in [-0.05, 0) is 67.5 Å². The smallest absolute Gasteiger partial charge is 0.272 e. The van der Waals surface area contributed by atoms with Crippen molar-refractivity contribution in [2.75, 3.05) is 16.8 Å². The van der Waals surface area contributed by atoms with Crippen LogP contribution in [-0.2, 0) is 11.2 Å². The Labute approximate surface area is 153 Å². The van der Waals surface area contributed by atoms with E-state index < -0.39 is 0 Å². The molecule has 1 aromatic heterocycles. The zero-order valence-corrected chi connectivity index (χ0v) is 15.2. The van der Waals surface area contributed by atoms with Crippen molar-refractivity contribution < 1.29 is 9.59 Å². The van der Waals surface area contributed by atoms with E-state index in [1.165, 1.54) is 25.7 Å². The highest BCUT2D eigenvalue weighted by molar-refractivity contribution is 6.04. The summed E-state index contributed by atoms with van der Waals surface area (Å²) < 4.78 is 0. The van der Waals surface area contributed by atoms with Gasteiger partial charge in [-0.2, -0.15) is 0 Å². The number of nitrogens with one attached hydrogen (secondary N) is 2. The lowest BCUT2D eigenvalue weighted by molar-refractivity contribution is -0.119. The number of hydrogen-bond acceptors (Lipinski definition) is 2. The normalized spacial score (nSPS) is 17.4. The molecule has 1 aromatic carbocycles. The van der Waals surface area contributed by atoms with E-state index in [0.29, 0.717) is 18.0 Å². The summed E-state index contributed by atoms with van der Waals surface area (Å²) in [6.45, 7) is 2.74. The van der Waals surface area contributed by atoms with Gasteiger partial charge in [-0.15, -0.1) is 0 Å². The summed E-state index contributed by atoms with van der Waals surface area (Å²) in [5, 5.41) is 2.96. The fourth-order valence-electron chi connectivity index (χ4n) is 4.17. The van der Waals surface area contributed by atoms with Crippen LogP contribution >= 0.6 is 0 Å². The third kappa shape index (κ3) is 3.26. The Morgan fingerprint density at radius 2 is 2.04 bits per heavy atom. The number of nitrogens with zero attached hydrogens (tertiary/aromatic N) is 1. The molecular formula is C21H25N3O2. The lowest BCUT2D eigenvalue weighted by atomic mass is 9.98. The van der Waals surface area contributed by atoms with Crippen molar-refractivity contribution in [3.05, 3.63) is 47.3 Å². The van der Waals surface area contributed by atoms with Crippen molar-refractivity contribution in [1.82, 2.24) is 4.98 Å². The average Bonchev–Trinajstić information content (AvgIpc) is 3.29. The predicted molar refractivity (Wildman–Crippen MR) is 103 cm³/mol. The molecule has 0 radical (unpaired) electrons. The number of rotatable bonds is 4. The van der Waals surface area contributed by atoms with E-state index in [4.69, 9.17) is 0 Å². The maximum atomic E-state index is 12.5. The van der Waals surface area contributed by atoms with E-state index in [9.17, 15) is 9.59 Å². The molecule has 0 spiro atoms. The molecule has 0 unspecified atom stereocenters. The molecule has 0 bridgehead atoms. The topological polar surface area (TPSA) is 65.2 Å². The first kappa shape index (κ1) is 16.9. The molecular weight excluding hydrogens is 326 g/mol. The molecule has 5 nitrogen and oxygen atoms in total. The predicted octanol–water partition coefficient (Wildman–Crippen LogP) is 4.04. The molecule has 4 rings (SSSR count). The SMILES string of the molecule is Cc1cc[nH]c1C(=O)Nc1ccc2c(c1)CCC(=O)N2CC1CCCC1. The third-order valence-corrected chi connectivity index (χ3v) is 5.64. The van der Waals surface area contributed by atoms with Gasteiger partial charge in [-0.1, -0.05) is 12.8 Å². The first-order valence-corrected chi connectivity index (χ1v) is 9.50. The highest BCUT2D eigenvalue weighted by Crippen LogP contribution is 2.34. The summed E-state index contributed by atoms with van der Waals surface area (Å²) in [7, 11) is 0. The Balaban J connectivity index is 1.53. The third-order valence-electron chi connectivity index (χ3n) is 5.64. The molecule has 1 aliphatic carbocycles. The maximum Gasteiger partial charge on any atom is 0.272 e. The minimum atomic E-state index is -0.137. The number of hydrogen-bond donors (Lipinski definition) is 2. The number of fused-ring (bicyclic) bond motifs is 1. The molecule has 2 aliphatic rings. The van der Waals surface area contributed by atoms with Crippen LogP contribution in [0.3, 0.4) is 0 Å². The van der Waals surface area contributed by atoms with E-state index in [1.807, 2.05) is 36.1 Å². The second-order valence-corrected chi connectivity index (χ2v) is 7.49. The average molecular weight is 351 g/mol. The first-order valence-electron chi connectivity index (χ1n) is 9.50. The summed E-state index contributed by atoms with van der Waals surface area (Å²) in [5.41, 5.74) is 4.44. The van der Waals surface area contributed by atoms with Crippen LogP contribution in [0.25, 0.3) is 0 Å². The Morgan fingerprint density at radius 1 is 1.23 bits per heavy atom. The largest absolute Gasteiger partial charge is 0.357 e. The Morgan fingerprint density at radius 3 is 2.77 bits per heavy atom. The van der Waals surface area contributed by atoms with Crippen molar-refractivity contribution in [1.29, 1.82) is 0 Å². The maximum absolute atomic E-state index is 12.5. The van der Waals surface area contributed by atoms with Crippen LogP contribution in [0.5, 0.6) is 0 Å². The van der Waals surface area contributed by atoms with Crippen molar-refractivity contribution in [3.63, 3.8) is 0 Å². The number of benzene rings is 1. The van der Waals surface area contributed by atoms with Crippen molar-refractivity contribution in [2.24, 2.45) is 5.92 Å². The number of H-pyrrole nitrogens is 1. The van der Waals surface area contributed by atoms with Crippen molar-refractivity contribution >= 4 is 23.2 Å². The van der Waals surface area contributed by atoms with Crippen LogP contribution in [0.15, 0.2) is 30.5 Å². The Bertz CT molecular complexity index is 834. The summed E-state index contributed by atoms with van der Waals surface area (Å²) >= 11 is 0. The summed E-state index contributed by atoms with van der Waals surface area (Å²) in [6.07, 6.45) is 8.06. The summed E-state index contributed by atoms with van der Waals surface area (Å²) in [6, 6.07) is 7.78. The van der Waals surface area contributed by atoms with Gasteiger partial charge in [-0.25, -0.2) is 0 Å².